The van der Waals surface area contributed by atoms with E-state index < -0.39 is 0 Å². The second kappa shape index (κ2) is 4.87. The van der Waals surface area contributed by atoms with Crippen LogP contribution in [0.1, 0.15) is 5.56 Å². The van der Waals surface area contributed by atoms with Gasteiger partial charge in [-0.15, -0.1) is 11.8 Å². The predicted molar refractivity (Wildman–Crippen MR) is 60.1 cm³/mol. The second-order valence-electron chi connectivity index (χ2n) is 2.90. The molecule has 2 aromatic carbocycles. The van der Waals surface area contributed by atoms with Gasteiger partial charge in [-0.1, -0.05) is 42.5 Å². The Morgan fingerprint density at radius 2 is 1.71 bits per heavy atom. The molecule has 0 spiro atoms. The van der Waals surface area contributed by atoms with Crippen molar-refractivity contribution in [3.63, 3.8) is 0 Å². The number of thioether (sulfide) groups is 1. The van der Waals surface area contributed by atoms with Crippen molar-refractivity contribution >= 4 is 11.8 Å². The summed E-state index contributed by atoms with van der Waals surface area (Å²) in [5, 5.41) is 0. The van der Waals surface area contributed by atoms with E-state index in [-0.39, 0.29) is 0 Å². The van der Waals surface area contributed by atoms with E-state index in [2.05, 4.69) is 24.3 Å². The average molecular weight is 198 g/mol. The molecule has 2 rings (SSSR count). The summed E-state index contributed by atoms with van der Waals surface area (Å²) in [5.74, 6) is 0.960. The fourth-order valence-electron chi connectivity index (χ4n) is 1.14. The minimum absolute atomic E-state index is 0.960. The Morgan fingerprint density at radius 1 is 0.929 bits per heavy atom. The fourth-order valence-corrected chi connectivity index (χ4v) is 1.96. The highest BCUT2D eigenvalue weighted by Crippen LogP contribution is 2.20. The third kappa shape index (κ3) is 2.64. The van der Waals surface area contributed by atoms with Gasteiger partial charge >= 0.3 is 0 Å². The molecule has 14 heavy (non-hydrogen) atoms. The van der Waals surface area contributed by atoms with Gasteiger partial charge < -0.3 is 0 Å². The second-order valence-corrected chi connectivity index (χ2v) is 3.92. The first-order valence-corrected chi connectivity index (χ1v) is 5.49. The number of hydrogen-bond acceptors (Lipinski definition) is 1. The van der Waals surface area contributed by atoms with Crippen molar-refractivity contribution in [1.29, 1.82) is 0 Å². The van der Waals surface area contributed by atoms with Crippen LogP contribution in [-0.4, -0.2) is 0 Å². The zero-order valence-corrected chi connectivity index (χ0v) is 8.55. The van der Waals surface area contributed by atoms with Gasteiger partial charge in [0.25, 0.3) is 0 Å². The minimum Gasteiger partial charge on any atom is -0.121 e. The average Bonchev–Trinajstić information content (AvgIpc) is 2.29. The van der Waals surface area contributed by atoms with Crippen molar-refractivity contribution in [2.45, 2.75) is 10.6 Å². The minimum atomic E-state index is 0.960. The molecule has 0 N–H and O–H groups in total. The molecule has 0 aliphatic rings. The summed E-state index contributed by atoms with van der Waals surface area (Å²) in [6.07, 6.45) is 0. The van der Waals surface area contributed by atoms with E-state index in [9.17, 15) is 0 Å². The Labute approximate surface area is 89.0 Å². The monoisotopic (exact) mass is 198 g/mol. The Kier molecular flexibility index (Phi) is 3.25. The molecule has 0 aliphatic heterocycles. The summed E-state index contributed by atoms with van der Waals surface area (Å²) in [6, 6.07) is 22.5. The van der Waals surface area contributed by atoms with Gasteiger partial charge in [-0.2, -0.15) is 0 Å². The molecular weight excluding hydrogens is 188 g/mol. The van der Waals surface area contributed by atoms with Gasteiger partial charge in [0.2, 0.25) is 0 Å². The molecule has 2 aromatic rings. The molecule has 1 heteroatoms. The van der Waals surface area contributed by atoms with Gasteiger partial charge in [-0.3, -0.25) is 0 Å². The van der Waals surface area contributed by atoms with Crippen molar-refractivity contribution in [3.05, 3.63) is 66.2 Å². The molecule has 0 aliphatic carbocycles. The topological polar surface area (TPSA) is 0 Å². The zero-order valence-electron chi connectivity index (χ0n) is 7.73. The molecule has 0 unspecified atom stereocenters. The maximum Gasteiger partial charge on any atom is 0.0238 e. The maximum absolute atomic E-state index is 3.20. The van der Waals surface area contributed by atoms with Crippen molar-refractivity contribution in [2.75, 3.05) is 0 Å². The Balaban J connectivity index is 1.96. The highest BCUT2D eigenvalue weighted by atomic mass is 32.2. The molecule has 0 saturated heterocycles. The van der Waals surface area contributed by atoms with E-state index in [0.29, 0.717) is 0 Å². The maximum atomic E-state index is 3.20. The van der Waals surface area contributed by atoms with Gasteiger partial charge in [-0.25, -0.2) is 0 Å². The van der Waals surface area contributed by atoms with Crippen LogP contribution in [0, 0.1) is 12.1 Å². The summed E-state index contributed by atoms with van der Waals surface area (Å²) >= 11 is 1.79. The van der Waals surface area contributed by atoms with Crippen LogP contribution in [0.15, 0.2) is 53.4 Å². The van der Waals surface area contributed by atoms with Crippen LogP contribution < -0.4 is 0 Å². The van der Waals surface area contributed by atoms with Crippen LogP contribution >= 0.6 is 11.8 Å². The van der Waals surface area contributed by atoms with Gasteiger partial charge in [0.1, 0.15) is 0 Å². The van der Waals surface area contributed by atoms with Crippen molar-refractivity contribution in [1.82, 2.24) is 0 Å². The van der Waals surface area contributed by atoms with E-state index in [1.54, 1.807) is 11.8 Å². The molecule has 0 amide bonds. The summed E-state index contributed by atoms with van der Waals surface area (Å²) in [4.78, 5) is 1.18. The Bertz CT molecular complexity index is 327. The summed E-state index contributed by atoms with van der Waals surface area (Å²) in [7, 11) is 0. The van der Waals surface area contributed by atoms with Crippen molar-refractivity contribution < 1.29 is 0 Å². The molecule has 0 fully saturated rings. The van der Waals surface area contributed by atoms with Gasteiger partial charge in [0.15, 0.2) is 0 Å². The highest BCUT2D eigenvalue weighted by molar-refractivity contribution is 7.98. The SMILES string of the molecule is [c]1ccccc1CSc1[c]cccc1. The molecule has 68 valence electrons. The van der Waals surface area contributed by atoms with Gasteiger partial charge in [0.05, 0.1) is 0 Å². The quantitative estimate of drug-likeness (QED) is 0.679. The first kappa shape index (κ1) is 9.35. The summed E-state index contributed by atoms with van der Waals surface area (Å²) < 4.78 is 0. The molecule has 0 nitrogen and oxygen atoms in total. The fraction of sp³-hybridized carbons (Fsp3) is 0.0769. The van der Waals surface area contributed by atoms with Crippen LogP contribution in [0.25, 0.3) is 0 Å². The van der Waals surface area contributed by atoms with E-state index in [1.165, 1.54) is 10.5 Å². The van der Waals surface area contributed by atoms with E-state index in [0.717, 1.165) is 5.75 Å². The summed E-state index contributed by atoms with van der Waals surface area (Å²) in [5.41, 5.74) is 1.23. The number of hydrogen-bond donors (Lipinski definition) is 0. The Hall–Kier alpha value is -1.21. The zero-order chi connectivity index (χ0) is 9.64. The third-order valence-corrected chi connectivity index (χ3v) is 2.86. The smallest absolute Gasteiger partial charge is 0.0238 e. The highest BCUT2D eigenvalue weighted by Gasteiger charge is 1.94. The van der Waals surface area contributed by atoms with Crippen LogP contribution in [-0.2, 0) is 5.75 Å². The van der Waals surface area contributed by atoms with Crippen LogP contribution in [0.3, 0.4) is 0 Å². The van der Waals surface area contributed by atoms with Crippen molar-refractivity contribution in [3.8, 4) is 0 Å². The molecule has 2 radical (unpaired) electrons. The summed E-state index contributed by atoms with van der Waals surface area (Å²) in [6.45, 7) is 0. The molecule has 0 aromatic heterocycles. The standard InChI is InChI=1S/C13H10S/c1-3-7-12(8-4-1)11-14-13-9-5-2-6-10-13/h1-7,9H,11H2. The third-order valence-electron chi connectivity index (χ3n) is 1.84. The molecule has 0 saturated carbocycles. The molecule has 0 atom stereocenters. The lowest BCUT2D eigenvalue weighted by Gasteiger charge is -1.99. The van der Waals surface area contributed by atoms with Crippen molar-refractivity contribution in [2.24, 2.45) is 0 Å². The van der Waals surface area contributed by atoms with Gasteiger partial charge in [0, 0.05) is 10.6 Å². The van der Waals surface area contributed by atoms with E-state index >= 15 is 0 Å². The Morgan fingerprint density at radius 3 is 2.36 bits per heavy atom. The predicted octanol–water partition coefficient (Wildman–Crippen LogP) is 3.58. The first-order valence-electron chi connectivity index (χ1n) is 4.50. The lowest BCUT2D eigenvalue weighted by molar-refractivity contribution is 1.37. The van der Waals surface area contributed by atoms with Gasteiger partial charge in [-0.05, 0) is 23.8 Å². The molecule has 0 bridgehead atoms. The largest absolute Gasteiger partial charge is 0.121 e. The van der Waals surface area contributed by atoms with Crippen LogP contribution in [0.2, 0.25) is 0 Å². The lowest BCUT2D eigenvalue weighted by atomic mass is 10.2. The van der Waals surface area contributed by atoms with E-state index in [1.807, 2.05) is 36.4 Å². The normalized spacial score (nSPS) is 10.0. The molecular formula is C13H10S. The molecule has 0 heterocycles. The van der Waals surface area contributed by atoms with Crippen LogP contribution in [0.5, 0.6) is 0 Å². The number of benzene rings is 2. The lowest BCUT2D eigenvalue weighted by Crippen LogP contribution is -1.79. The first-order chi connectivity index (χ1) is 6.95. The number of rotatable bonds is 3. The van der Waals surface area contributed by atoms with E-state index in [4.69, 9.17) is 0 Å². The van der Waals surface area contributed by atoms with Crippen LogP contribution in [0.4, 0.5) is 0 Å².